The van der Waals surface area contributed by atoms with Crippen LogP contribution in [-0.4, -0.2) is 47.8 Å². The van der Waals surface area contributed by atoms with Crippen molar-refractivity contribution in [2.24, 2.45) is 0 Å². The molecule has 0 aromatic carbocycles. The molecule has 1 aliphatic rings. The van der Waals surface area contributed by atoms with Crippen LogP contribution < -0.4 is 4.90 Å². The van der Waals surface area contributed by atoms with E-state index in [1.54, 1.807) is 11.0 Å². The lowest BCUT2D eigenvalue weighted by Gasteiger charge is -2.36. The standard InChI is InChI=1S/C14H18Cl3N3O2/c1-14(2,3)22-13(21)20-6-4-19(5-7-20)12-10(16)8-9(15)11(17)18-12/h8H,4-7H2,1-3H3. The normalized spacial score (nSPS) is 15.9. The zero-order chi connectivity index (χ0) is 16.5. The van der Waals surface area contributed by atoms with E-state index in [9.17, 15) is 4.79 Å². The molecule has 0 saturated carbocycles. The molecule has 0 spiro atoms. The Morgan fingerprint density at radius 2 is 1.73 bits per heavy atom. The Morgan fingerprint density at radius 1 is 1.14 bits per heavy atom. The van der Waals surface area contributed by atoms with Gasteiger partial charge in [0, 0.05) is 26.2 Å². The maximum atomic E-state index is 12.0. The minimum absolute atomic E-state index is 0.218. The van der Waals surface area contributed by atoms with Crippen molar-refractivity contribution in [2.45, 2.75) is 26.4 Å². The number of hydrogen-bond donors (Lipinski definition) is 0. The van der Waals surface area contributed by atoms with Crippen molar-refractivity contribution < 1.29 is 9.53 Å². The van der Waals surface area contributed by atoms with Gasteiger partial charge in [0.15, 0.2) is 0 Å². The zero-order valence-electron chi connectivity index (χ0n) is 12.7. The van der Waals surface area contributed by atoms with E-state index in [-0.39, 0.29) is 11.2 Å². The van der Waals surface area contributed by atoms with Gasteiger partial charge in [-0.1, -0.05) is 34.8 Å². The second kappa shape index (κ2) is 6.69. The van der Waals surface area contributed by atoms with Gasteiger partial charge in [-0.25, -0.2) is 9.78 Å². The van der Waals surface area contributed by atoms with Crippen molar-refractivity contribution in [3.8, 4) is 0 Å². The summed E-state index contributed by atoms with van der Waals surface area (Å²) < 4.78 is 5.36. The van der Waals surface area contributed by atoms with Crippen molar-refractivity contribution in [2.75, 3.05) is 31.1 Å². The van der Waals surface area contributed by atoms with Crippen molar-refractivity contribution in [3.63, 3.8) is 0 Å². The molecule has 1 aromatic heterocycles. The van der Waals surface area contributed by atoms with Gasteiger partial charge in [0.2, 0.25) is 0 Å². The number of pyridine rings is 1. The molecular weight excluding hydrogens is 349 g/mol. The van der Waals surface area contributed by atoms with E-state index in [4.69, 9.17) is 39.5 Å². The molecule has 0 radical (unpaired) electrons. The summed E-state index contributed by atoms with van der Waals surface area (Å²) in [6, 6.07) is 1.58. The first-order valence-corrected chi connectivity index (χ1v) is 8.05. The Hall–Kier alpha value is -0.910. The average Bonchev–Trinajstić information content (AvgIpc) is 2.41. The second-order valence-corrected chi connectivity index (χ2v) is 7.19. The molecule has 5 nitrogen and oxygen atoms in total. The number of aromatic nitrogens is 1. The summed E-state index contributed by atoms with van der Waals surface area (Å²) >= 11 is 18.0. The van der Waals surface area contributed by atoms with Crippen molar-refractivity contribution in [1.82, 2.24) is 9.88 Å². The molecular formula is C14H18Cl3N3O2. The maximum Gasteiger partial charge on any atom is 0.410 e. The first-order chi connectivity index (χ1) is 10.2. The monoisotopic (exact) mass is 365 g/mol. The Bertz CT molecular complexity index is 567. The minimum atomic E-state index is -0.497. The molecule has 0 bridgehead atoms. The van der Waals surface area contributed by atoms with E-state index in [1.165, 1.54) is 0 Å². The van der Waals surface area contributed by atoms with Crippen LogP contribution in [0.5, 0.6) is 0 Å². The molecule has 2 rings (SSSR count). The SMILES string of the molecule is CC(C)(C)OC(=O)N1CCN(c2nc(Cl)c(Cl)cc2Cl)CC1. The molecule has 122 valence electrons. The zero-order valence-corrected chi connectivity index (χ0v) is 15.0. The van der Waals surface area contributed by atoms with Crippen molar-refractivity contribution >= 4 is 46.7 Å². The predicted molar refractivity (Wildman–Crippen MR) is 89.3 cm³/mol. The fraction of sp³-hybridized carbons (Fsp3) is 0.571. The van der Waals surface area contributed by atoms with E-state index in [2.05, 4.69) is 4.98 Å². The highest BCUT2D eigenvalue weighted by Gasteiger charge is 2.27. The summed E-state index contributed by atoms with van der Waals surface area (Å²) in [7, 11) is 0. The summed E-state index contributed by atoms with van der Waals surface area (Å²) in [5, 5.41) is 0.985. The van der Waals surface area contributed by atoms with Gasteiger partial charge in [0.05, 0.1) is 10.0 Å². The summed E-state index contributed by atoms with van der Waals surface area (Å²) in [6.07, 6.45) is -0.305. The summed E-state index contributed by atoms with van der Waals surface area (Å²) in [5.74, 6) is 0.583. The number of amides is 1. The highest BCUT2D eigenvalue weighted by molar-refractivity contribution is 6.42. The molecule has 1 saturated heterocycles. The predicted octanol–water partition coefficient (Wildman–Crippen LogP) is 4.10. The van der Waals surface area contributed by atoms with Gasteiger partial charge in [-0.05, 0) is 26.8 Å². The number of anilines is 1. The largest absolute Gasteiger partial charge is 0.444 e. The second-order valence-electron chi connectivity index (χ2n) is 6.02. The Kier molecular flexibility index (Phi) is 5.30. The number of ether oxygens (including phenoxy) is 1. The minimum Gasteiger partial charge on any atom is -0.444 e. The van der Waals surface area contributed by atoms with E-state index >= 15 is 0 Å². The summed E-state index contributed by atoms with van der Waals surface area (Å²) in [5.41, 5.74) is -0.497. The first-order valence-electron chi connectivity index (χ1n) is 6.92. The lowest BCUT2D eigenvalue weighted by Crippen LogP contribution is -2.50. The fourth-order valence-electron chi connectivity index (χ4n) is 2.08. The highest BCUT2D eigenvalue weighted by atomic mass is 35.5. The highest BCUT2D eigenvalue weighted by Crippen LogP contribution is 2.31. The third-order valence-electron chi connectivity index (χ3n) is 3.10. The number of carbonyl (C=O) groups is 1. The molecule has 1 amide bonds. The third-order valence-corrected chi connectivity index (χ3v) is 4.05. The van der Waals surface area contributed by atoms with Crippen LogP contribution in [0.2, 0.25) is 15.2 Å². The van der Waals surface area contributed by atoms with E-state index in [1.807, 2.05) is 25.7 Å². The average molecular weight is 367 g/mol. The van der Waals surface area contributed by atoms with Gasteiger partial charge in [-0.2, -0.15) is 0 Å². The molecule has 0 aliphatic carbocycles. The molecule has 2 heterocycles. The van der Waals surface area contributed by atoms with Crippen LogP contribution in [0.4, 0.5) is 10.6 Å². The maximum absolute atomic E-state index is 12.0. The lowest BCUT2D eigenvalue weighted by atomic mass is 10.2. The van der Waals surface area contributed by atoms with Gasteiger partial charge >= 0.3 is 6.09 Å². The molecule has 1 aromatic rings. The molecule has 8 heteroatoms. The van der Waals surface area contributed by atoms with Gasteiger partial charge in [0.1, 0.15) is 16.6 Å². The topological polar surface area (TPSA) is 45.7 Å². The van der Waals surface area contributed by atoms with Gasteiger partial charge < -0.3 is 14.5 Å². The molecule has 0 unspecified atom stereocenters. The fourth-order valence-corrected chi connectivity index (χ4v) is 2.70. The van der Waals surface area contributed by atoms with E-state index in [0.29, 0.717) is 42.0 Å². The summed E-state index contributed by atoms with van der Waals surface area (Å²) in [4.78, 5) is 19.9. The van der Waals surface area contributed by atoms with Crippen LogP contribution in [0.25, 0.3) is 0 Å². The number of carbonyl (C=O) groups excluding carboxylic acids is 1. The number of piperazine rings is 1. The molecule has 1 fully saturated rings. The molecule has 1 aliphatic heterocycles. The number of nitrogens with zero attached hydrogens (tertiary/aromatic N) is 3. The number of rotatable bonds is 1. The van der Waals surface area contributed by atoms with Crippen molar-refractivity contribution in [3.05, 3.63) is 21.3 Å². The Labute approximate surface area is 145 Å². The van der Waals surface area contributed by atoms with Gasteiger partial charge in [-0.15, -0.1) is 0 Å². The van der Waals surface area contributed by atoms with Gasteiger partial charge in [0.25, 0.3) is 0 Å². The lowest BCUT2D eigenvalue weighted by molar-refractivity contribution is 0.0240. The quantitative estimate of drug-likeness (QED) is 0.702. The molecule has 0 atom stereocenters. The third kappa shape index (κ3) is 4.31. The van der Waals surface area contributed by atoms with Crippen molar-refractivity contribution in [1.29, 1.82) is 0 Å². The number of halogens is 3. The van der Waals surface area contributed by atoms with E-state index in [0.717, 1.165) is 0 Å². The van der Waals surface area contributed by atoms with E-state index < -0.39 is 5.60 Å². The van der Waals surface area contributed by atoms with Crippen LogP contribution in [-0.2, 0) is 4.74 Å². The number of hydrogen-bond acceptors (Lipinski definition) is 4. The molecule has 22 heavy (non-hydrogen) atoms. The van der Waals surface area contributed by atoms with Crippen LogP contribution in [0.15, 0.2) is 6.07 Å². The Morgan fingerprint density at radius 3 is 2.27 bits per heavy atom. The first kappa shape index (κ1) is 17.4. The van der Waals surface area contributed by atoms with Crippen LogP contribution >= 0.6 is 34.8 Å². The van der Waals surface area contributed by atoms with Crippen LogP contribution in [0.3, 0.4) is 0 Å². The molecule has 0 N–H and O–H groups in total. The van der Waals surface area contributed by atoms with Crippen LogP contribution in [0.1, 0.15) is 20.8 Å². The van der Waals surface area contributed by atoms with Gasteiger partial charge in [-0.3, -0.25) is 0 Å². The Balaban J connectivity index is 2.01. The smallest absolute Gasteiger partial charge is 0.410 e. The summed E-state index contributed by atoms with van der Waals surface area (Å²) in [6.45, 7) is 7.82. The van der Waals surface area contributed by atoms with Crippen LogP contribution in [0, 0.1) is 0 Å².